The maximum Gasteiger partial charge on any atom is 0.156 e. The van der Waals surface area contributed by atoms with Crippen molar-refractivity contribution in [3.8, 4) is 11.8 Å². The fourth-order valence-corrected chi connectivity index (χ4v) is 8.75. The smallest absolute Gasteiger partial charge is 0.156 e. The molecule has 32 heavy (non-hydrogen) atoms. The summed E-state index contributed by atoms with van der Waals surface area (Å²) in [5.41, 5.74) is -0.521. The fraction of sp³-hybridized carbons (Fsp3) is 0.759. The summed E-state index contributed by atoms with van der Waals surface area (Å²) in [4.78, 5) is 13.3. The van der Waals surface area contributed by atoms with Crippen molar-refractivity contribution >= 4 is 5.78 Å². The summed E-state index contributed by atoms with van der Waals surface area (Å²) in [6, 6.07) is 4.03. The number of hydrogen-bond acceptors (Lipinski definition) is 2. The number of ketones is 1. The Kier molecular flexibility index (Phi) is 5.10. The molecule has 172 valence electrons. The van der Waals surface area contributed by atoms with Gasteiger partial charge in [-0.2, -0.15) is 0 Å². The van der Waals surface area contributed by atoms with Crippen LogP contribution in [0.3, 0.4) is 0 Å². The first-order valence-electron chi connectivity index (χ1n) is 13.3. The lowest BCUT2D eigenvalue weighted by atomic mass is 9.49. The van der Waals surface area contributed by atoms with Gasteiger partial charge in [-0.15, -0.1) is 0 Å². The van der Waals surface area contributed by atoms with Gasteiger partial charge in [0, 0.05) is 24.2 Å². The SMILES string of the molecule is C[C@]12CC[C@H]3[C@@H](CC[C@@H]4C[C@@](O)(C#CC5CC5)CC[C@@H]43)[C@@H]1CC[C@@H]2C(=O)Cn1cccc1. The van der Waals surface area contributed by atoms with E-state index in [9.17, 15) is 9.90 Å². The van der Waals surface area contributed by atoms with Crippen LogP contribution in [0.5, 0.6) is 0 Å². The predicted molar refractivity (Wildman–Crippen MR) is 125 cm³/mol. The average molecular weight is 434 g/mol. The van der Waals surface area contributed by atoms with Crippen LogP contribution in [0.1, 0.15) is 77.6 Å². The van der Waals surface area contributed by atoms with E-state index in [2.05, 4.69) is 18.8 Å². The first-order chi connectivity index (χ1) is 15.5. The van der Waals surface area contributed by atoms with Crippen LogP contribution in [-0.4, -0.2) is 21.1 Å². The second kappa shape index (κ2) is 7.76. The largest absolute Gasteiger partial charge is 0.378 e. The van der Waals surface area contributed by atoms with E-state index in [0.717, 1.165) is 49.4 Å². The molecular weight excluding hydrogens is 394 g/mol. The number of nitrogens with zero attached hydrogens (tertiary/aromatic N) is 1. The molecule has 3 heteroatoms. The topological polar surface area (TPSA) is 42.2 Å². The van der Waals surface area contributed by atoms with E-state index in [0.29, 0.717) is 24.2 Å². The third kappa shape index (κ3) is 3.58. The van der Waals surface area contributed by atoms with Crippen LogP contribution in [0.2, 0.25) is 0 Å². The van der Waals surface area contributed by atoms with Crippen LogP contribution >= 0.6 is 0 Å². The molecule has 1 aromatic heterocycles. The highest BCUT2D eigenvalue weighted by Gasteiger charge is 2.58. The molecule has 0 aliphatic heterocycles. The van der Waals surface area contributed by atoms with Crippen molar-refractivity contribution in [2.45, 2.75) is 89.7 Å². The van der Waals surface area contributed by atoms with Crippen molar-refractivity contribution in [2.75, 3.05) is 0 Å². The summed E-state index contributed by atoms with van der Waals surface area (Å²) in [6.45, 7) is 3.00. The van der Waals surface area contributed by atoms with Gasteiger partial charge in [0.15, 0.2) is 5.78 Å². The van der Waals surface area contributed by atoms with Crippen LogP contribution in [0.15, 0.2) is 24.5 Å². The summed E-state index contributed by atoms with van der Waals surface area (Å²) >= 11 is 0. The van der Waals surface area contributed by atoms with Crippen LogP contribution in [0.25, 0.3) is 0 Å². The number of aromatic nitrogens is 1. The Bertz CT molecular complexity index is 921. The zero-order valence-electron chi connectivity index (χ0n) is 19.6. The maximum atomic E-state index is 13.3. The molecule has 3 nitrogen and oxygen atoms in total. The van der Waals surface area contributed by atoms with Gasteiger partial charge in [-0.25, -0.2) is 0 Å². The van der Waals surface area contributed by atoms with E-state index in [1.54, 1.807) is 0 Å². The molecule has 1 N–H and O–H groups in total. The monoisotopic (exact) mass is 433 g/mol. The lowest BCUT2D eigenvalue weighted by molar-refractivity contribution is -0.132. The number of hydrogen-bond donors (Lipinski definition) is 1. The quantitative estimate of drug-likeness (QED) is 0.642. The predicted octanol–water partition coefficient (Wildman–Crippen LogP) is 5.47. The Morgan fingerprint density at radius 2 is 1.75 bits per heavy atom. The Morgan fingerprint density at radius 1 is 0.969 bits per heavy atom. The lowest BCUT2D eigenvalue weighted by Crippen LogP contribution is -2.51. The standard InChI is InChI=1S/C29H39NO2/c1-28-13-11-23-22-12-15-29(32,14-10-20-4-5-20)18-21(22)6-7-24(23)25(28)8-9-26(28)27(31)19-30-16-2-3-17-30/h2-3,16-17,20-26,32H,4-9,11-13,15,18-19H2,1H3/t21-,22+,23-,24-,25+,26-,28+,29-/m1/s1. The maximum absolute atomic E-state index is 13.3. The molecule has 5 saturated carbocycles. The highest BCUT2D eigenvalue weighted by Crippen LogP contribution is 2.64. The van der Waals surface area contributed by atoms with Crippen molar-refractivity contribution < 1.29 is 9.90 Å². The van der Waals surface area contributed by atoms with Gasteiger partial charge in [0.1, 0.15) is 5.60 Å². The molecule has 0 amide bonds. The number of rotatable bonds is 3. The minimum absolute atomic E-state index is 0.198. The van der Waals surface area contributed by atoms with Gasteiger partial charge in [-0.3, -0.25) is 4.79 Å². The number of carbonyl (C=O) groups excluding carboxylic acids is 1. The fourth-order valence-electron chi connectivity index (χ4n) is 8.75. The molecule has 5 aliphatic rings. The summed E-state index contributed by atoms with van der Waals surface area (Å²) in [5, 5.41) is 11.2. The summed E-state index contributed by atoms with van der Waals surface area (Å²) in [5.74, 6) is 11.7. The number of carbonyl (C=O) groups is 1. The van der Waals surface area contributed by atoms with Gasteiger partial charge in [0.2, 0.25) is 0 Å². The average Bonchev–Trinajstić information content (AvgIpc) is 3.34. The summed E-state index contributed by atoms with van der Waals surface area (Å²) < 4.78 is 2.05. The molecule has 0 unspecified atom stereocenters. The molecule has 6 rings (SSSR count). The van der Waals surface area contributed by atoms with Crippen LogP contribution in [0.4, 0.5) is 0 Å². The van der Waals surface area contributed by atoms with Gasteiger partial charge in [0.05, 0.1) is 6.54 Å². The minimum Gasteiger partial charge on any atom is -0.378 e. The highest BCUT2D eigenvalue weighted by molar-refractivity contribution is 5.82. The van der Waals surface area contributed by atoms with Gasteiger partial charge in [-0.1, -0.05) is 18.8 Å². The van der Waals surface area contributed by atoms with Crippen molar-refractivity contribution in [1.29, 1.82) is 0 Å². The molecule has 1 heterocycles. The number of fused-ring (bicyclic) bond motifs is 5. The van der Waals surface area contributed by atoms with Crippen LogP contribution < -0.4 is 0 Å². The van der Waals surface area contributed by atoms with Crippen molar-refractivity contribution in [1.82, 2.24) is 4.57 Å². The zero-order chi connectivity index (χ0) is 21.9. The zero-order valence-corrected chi connectivity index (χ0v) is 19.6. The molecule has 0 spiro atoms. The van der Waals surface area contributed by atoms with E-state index in [-0.39, 0.29) is 11.3 Å². The third-order valence-electron chi connectivity index (χ3n) is 10.5. The van der Waals surface area contributed by atoms with Crippen molar-refractivity contribution in [3.05, 3.63) is 24.5 Å². The van der Waals surface area contributed by atoms with E-state index < -0.39 is 5.60 Å². The molecule has 0 bridgehead atoms. The third-order valence-corrected chi connectivity index (χ3v) is 10.5. The van der Waals surface area contributed by atoms with E-state index >= 15 is 0 Å². The molecule has 1 aromatic rings. The second-order valence-corrected chi connectivity index (χ2v) is 12.2. The van der Waals surface area contributed by atoms with E-state index in [1.807, 2.05) is 29.1 Å². The van der Waals surface area contributed by atoms with Gasteiger partial charge >= 0.3 is 0 Å². The van der Waals surface area contributed by atoms with Gasteiger partial charge in [-0.05, 0) is 118 Å². The molecule has 0 radical (unpaired) electrons. The van der Waals surface area contributed by atoms with Crippen LogP contribution in [0, 0.1) is 58.7 Å². The summed E-state index contributed by atoms with van der Waals surface area (Å²) in [7, 11) is 0. The normalized spacial score (nSPS) is 45.2. The Balaban J connectivity index is 1.15. The Hall–Kier alpha value is -1.53. The molecule has 0 aromatic carbocycles. The first-order valence-corrected chi connectivity index (χ1v) is 13.3. The highest BCUT2D eigenvalue weighted by atomic mass is 16.3. The molecule has 0 saturated heterocycles. The molecule has 5 aliphatic carbocycles. The van der Waals surface area contributed by atoms with Crippen molar-refractivity contribution in [3.63, 3.8) is 0 Å². The molecule has 8 atom stereocenters. The lowest BCUT2D eigenvalue weighted by Gasteiger charge is -2.56. The molecular formula is C29H39NO2. The Morgan fingerprint density at radius 3 is 2.53 bits per heavy atom. The van der Waals surface area contributed by atoms with Crippen molar-refractivity contribution in [2.24, 2.45) is 46.8 Å². The van der Waals surface area contributed by atoms with E-state index in [1.165, 1.54) is 44.9 Å². The summed E-state index contributed by atoms with van der Waals surface area (Å²) in [6.07, 6.45) is 16.8. The van der Waals surface area contributed by atoms with Crippen LogP contribution in [-0.2, 0) is 11.3 Å². The number of aliphatic hydroxyl groups is 1. The van der Waals surface area contributed by atoms with Gasteiger partial charge in [0.25, 0.3) is 0 Å². The van der Waals surface area contributed by atoms with E-state index in [4.69, 9.17) is 0 Å². The minimum atomic E-state index is -0.719. The number of Topliss-reactive ketones (excluding diaryl/α,β-unsaturated/α-hetero) is 1. The second-order valence-electron chi connectivity index (χ2n) is 12.2. The first kappa shape index (κ1) is 21.0. The molecule has 5 fully saturated rings. The Labute approximate surface area is 193 Å². The van der Waals surface area contributed by atoms with Gasteiger partial charge < -0.3 is 9.67 Å².